The molecule has 0 aromatic carbocycles. The monoisotopic (exact) mass is 166 g/mol. The molecule has 4 atom stereocenters. The van der Waals surface area contributed by atoms with Crippen LogP contribution in [0.25, 0.3) is 0 Å². The second-order valence-electron chi connectivity index (χ2n) is 4.75. The maximum absolute atomic E-state index is 10.6. The molecular formula is C10H14O2. The Morgan fingerprint density at radius 1 is 1.08 bits per heavy atom. The van der Waals surface area contributed by atoms with Crippen LogP contribution in [-0.2, 0) is 4.79 Å². The van der Waals surface area contributed by atoms with Gasteiger partial charge in [-0.25, -0.2) is 0 Å². The van der Waals surface area contributed by atoms with E-state index in [1.54, 1.807) is 0 Å². The lowest BCUT2D eigenvalue weighted by Crippen LogP contribution is -2.01. The summed E-state index contributed by atoms with van der Waals surface area (Å²) in [6, 6.07) is 0. The molecule has 2 nitrogen and oxygen atoms in total. The van der Waals surface area contributed by atoms with Gasteiger partial charge >= 0.3 is 5.97 Å². The standard InChI is InChI=1S/C10H14O2/c11-10(12)9-4-8(9)7-3-6(7)5-1-2-5/h5-9H,1-4H2,(H,11,12)/t6-,7-,8+,9-/m1/s1. The summed E-state index contributed by atoms with van der Waals surface area (Å²) in [5, 5.41) is 8.74. The molecule has 3 fully saturated rings. The molecule has 1 N–H and O–H groups in total. The van der Waals surface area contributed by atoms with Gasteiger partial charge in [0.15, 0.2) is 0 Å². The third-order valence-corrected chi connectivity index (χ3v) is 3.83. The molecule has 0 aromatic rings. The highest BCUT2D eigenvalue weighted by atomic mass is 16.4. The van der Waals surface area contributed by atoms with Crippen molar-refractivity contribution in [2.24, 2.45) is 29.6 Å². The number of hydrogen-bond acceptors (Lipinski definition) is 1. The van der Waals surface area contributed by atoms with E-state index in [4.69, 9.17) is 5.11 Å². The Bertz CT molecular complexity index is 232. The van der Waals surface area contributed by atoms with E-state index in [-0.39, 0.29) is 5.92 Å². The maximum Gasteiger partial charge on any atom is 0.306 e. The Morgan fingerprint density at radius 2 is 1.83 bits per heavy atom. The fourth-order valence-electron chi connectivity index (χ4n) is 2.77. The SMILES string of the molecule is O=C(O)[C@@H]1C[C@H]1[C@@H]1C[C@@H]1C1CC1. The highest BCUT2D eigenvalue weighted by Gasteiger charge is 2.59. The summed E-state index contributed by atoms with van der Waals surface area (Å²) in [5.74, 6) is 2.83. The van der Waals surface area contributed by atoms with E-state index in [9.17, 15) is 4.79 Å². The molecule has 3 rings (SSSR count). The van der Waals surface area contributed by atoms with Crippen molar-refractivity contribution in [2.45, 2.75) is 25.7 Å². The molecule has 3 aliphatic rings. The van der Waals surface area contributed by atoms with Crippen molar-refractivity contribution >= 4 is 5.97 Å². The van der Waals surface area contributed by atoms with Crippen molar-refractivity contribution in [3.63, 3.8) is 0 Å². The zero-order valence-corrected chi connectivity index (χ0v) is 7.07. The third-order valence-electron chi connectivity index (χ3n) is 3.83. The van der Waals surface area contributed by atoms with E-state index >= 15 is 0 Å². The number of rotatable bonds is 3. The van der Waals surface area contributed by atoms with Crippen molar-refractivity contribution in [3.8, 4) is 0 Å². The Kier molecular flexibility index (Phi) is 1.18. The Hall–Kier alpha value is -0.530. The Balaban J connectivity index is 1.55. The van der Waals surface area contributed by atoms with Gasteiger partial charge in [-0.15, -0.1) is 0 Å². The highest BCUT2D eigenvalue weighted by Crippen LogP contribution is 2.64. The van der Waals surface area contributed by atoms with Gasteiger partial charge in [0.25, 0.3) is 0 Å². The molecule has 0 spiro atoms. The minimum absolute atomic E-state index is 0.0405. The fourth-order valence-corrected chi connectivity index (χ4v) is 2.77. The lowest BCUT2D eigenvalue weighted by atomic mass is 10.1. The van der Waals surface area contributed by atoms with Crippen LogP contribution in [0.15, 0.2) is 0 Å². The Morgan fingerprint density at radius 3 is 2.33 bits per heavy atom. The van der Waals surface area contributed by atoms with E-state index in [1.165, 1.54) is 19.3 Å². The first kappa shape index (κ1) is 6.93. The lowest BCUT2D eigenvalue weighted by Gasteiger charge is -1.93. The molecule has 2 heteroatoms. The average Bonchev–Trinajstić information content (AvgIpc) is 2.87. The predicted octanol–water partition coefficient (Wildman–Crippen LogP) is 1.75. The molecule has 0 radical (unpaired) electrons. The van der Waals surface area contributed by atoms with Crippen molar-refractivity contribution < 1.29 is 9.90 Å². The molecule has 66 valence electrons. The van der Waals surface area contributed by atoms with Gasteiger partial charge in [-0.1, -0.05) is 0 Å². The minimum Gasteiger partial charge on any atom is -0.481 e. The number of hydrogen-bond donors (Lipinski definition) is 1. The largest absolute Gasteiger partial charge is 0.481 e. The summed E-state index contributed by atoms with van der Waals surface area (Å²) in [4.78, 5) is 10.6. The van der Waals surface area contributed by atoms with Crippen LogP contribution in [0.3, 0.4) is 0 Å². The van der Waals surface area contributed by atoms with Gasteiger partial charge in [0.05, 0.1) is 5.92 Å². The predicted molar refractivity (Wildman–Crippen MR) is 43.6 cm³/mol. The van der Waals surface area contributed by atoms with Crippen molar-refractivity contribution in [3.05, 3.63) is 0 Å². The first-order valence-corrected chi connectivity index (χ1v) is 5.00. The van der Waals surface area contributed by atoms with Crippen LogP contribution in [0.5, 0.6) is 0 Å². The van der Waals surface area contributed by atoms with E-state index in [0.29, 0.717) is 5.92 Å². The molecule has 0 saturated heterocycles. The maximum atomic E-state index is 10.6. The van der Waals surface area contributed by atoms with Gasteiger partial charge in [-0.05, 0) is 49.4 Å². The van der Waals surface area contributed by atoms with Crippen LogP contribution in [0.4, 0.5) is 0 Å². The van der Waals surface area contributed by atoms with Gasteiger partial charge in [-0.3, -0.25) is 4.79 Å². The van der Waals surface area contributed by atoms with Crippen LogP contribution >= 0.6 is 0 Å². The second-order valence-corrected chi connectivity index (χ2v) is 4.75. The van der Waals surface area contributed by atoms with Gasteiger partial charge < -0.3 is 5.11 Å². The first-order chi connectivity index (χ1) is 5.77. The van der Waals surface area contributed by atoms with Gasteiger partial charge in [0.2, 0.25) is 0 Å². The quantitative estimate of drug-likeness (QED) is 0.693. The number of carboxylic acids is 1. The van der Waals surface area contributed by atoms with E-state index in [2.05, 4.69) is 0 Å². The molecule has 0 unspecified atom stereocenters. The molecule has 0 aliphatic heterocycles. The summed E-state index contributed by atoms with van der Waals surface area (Å²) in [6.45, 7) is 0. The number of carbonyl (C=O) groups is 1. The summed E-state index contributed by atoms with van der Waals surface area (Å²) in [6.07, 6.45) is 5.17. The molecule has 0 amide bonds. The molecular weight excluding hydrogens is 152 g/mol. The van der Waals surface area contributed by atoms with E-state index in [1.807, 2.05) is 0 Å². The fraction of sp³-hybridized carbons (Fsp3) is 0.900. The molecule has 3 saturated carbocycles. The smallest absolute Gasteiger partial charge is 0.306 e. The van der Waals surface area contributed by atoms with Crippen LogP contribution in [0.1, 0.15) is 25.7 Å². The number of carboxylic acid groups (broad SMARTS) is 1. The zero-order valence-electron chi connectivity index (χ0n) is 7.07. The summed E-state index contributed by atoms with van der Waals surface area (Å²) < 4.78 is 0. The summed E-state index contributed by atoms with van der Waals surface area (Å²) in [7, 11) is 0. The highest BCUT2D eigenvalue weighted by molar-refractivity contribution is 5.73. The van der Waals surface area contributed by atoms with Crippen molar-refractivity contribution in [1.29, 1.82) is 0 Å². The third kappa shape index (κ3) is 0.970. The summed E-state index contributed by atoms with van der Waals surface area (Å²) >= 11 is 0. The van der Waals surface area contributed by atoms with E-state index in [0.717, 1.165) is 24.2 Å². The molecule has 3 aliphatic carbocycles. The van der Waals surface area contributed by atoms with Gasteiger partial charge in [0.1, 0.15) is 0 Å². The summed E-state index contributed by atoms with van der Waals surface area (Å²) in [5.41, 5.74) is 0. The van der Waals surface area contributed by atoms with Crippen LogP contribution < -0.4 is 0 Å². The molecule has 0 aromatic heterocycles. The van der Waals surface area contributed by atoms with Gasteiger partial charge in [0, 0.05) is 0 Å². The molecule has 0 heterocycles. The van der Waals surface area contributed by atoms with Gasteiger partial charge in [-0.2, -0.15) is 0 Å². The second kappa shape index (κ2) is 2.04. The molecule has 0 bridgehead atoms. The Labute approximate surface area is 72.0 Å². The van der Waals surface area contributed by atoms with Crippen LogP contribution in [0.2, 0.25) is 0 Å². The average molecular weight is 166 g/mol. The lowest BCUT2D eigenvalue weighted by molar-refractivity contribution is -0.138. The van der Waals surface area contributed by atoms with Crippen LogP contribution in [-0.4, -0.2) is 11.1 Å². The topological polar surface area (TPSA) is 37.3 Å². The van der Waals surface area contributed by atoms with Crippen molar-refractivity contribution in [1.82, 2.24) is 0 Å². The first-order valence-electron chi connectivity index (χ1n) is 5.00. The van der Waals surface area contributed by atoms with Crippen LogP contribution in [0, 0.1) is 29.6 Å². The number of aliphatic carboxylic acids is 1. The zero-order chi connectivity index (χ0) is 8.29. The normalized spacial score (nSPS) is 50.3. The minimum atomic E-state index is -0.554. The van der Waals surface area contributed by atoms with E-state index < -0.39 is 5.97 Å². The van der Waals surface area contributed by atoms with Crippen molar-refractivity contribution in [2.75, 3.05) is 0 Å². The molecule has 12 heavy (non-hydrogen) atoms.